The molecular weight excluding hydrogens is 278 g/mol. The van der Waals surface area contributed by atoms with Crippen LogP contribution in [0, 0.1) is 11.3 Å². The average molecular weight is 305 g/mol. The van der Waals surface area contributed by atoms with E-state index in [1.807, 2.05) is 20.8 Å². The van der Waals surface area contributed by atoms with Crippen LogP contribution in [0.1, 0.15) is 47.0 Å². The molecule has 0 aromatic rings. The van der Waals surface area contributed by atoms with Crippen LogP contribution in [0.3, 0.4) is 0 Å². The van der Waals surface area contributed by atoms with Crippen molar-refractivity contribution in [1.82, 2.24) is 4.31 Å². The molecule has 0 spiro atoms. The van der Waals surface area contributed by atoms with E-state index in [9.17, 15) is 13.2 Å². The van der Waals surface area contributed by atoms with Crippen molar-refractivity contribution in [2.45, 2.75) is 47.0 Å². The predicted octanol–water partition coefficient (Wildman–Crippen LogP) is 2.03. The fourth-order valence-electron chi connectivity index (χ4n) is 2.21. The molecule has 6 heteroatoms. The summed E-state index contributed by atoms with van der Waals surface area (Å²) in [6.45, 7) is 8.97. The summed E-state index contributed by atoms with van der Waals surface area (Å²) in [6, 6.07) is 0. The molecule has 0 aromatic heterocycles. The first kappa shape index (κ1) is 17.4. The van der Waals surface area contributed by atoms with Gasteiger partial charge >= 0.3 is 5.97 Å². The third-order valence-corrected chi connectivity index (χ3v) is 5.35. The topological polar surface area (TPSA) is 63.7 Å². The van der Waals surface area contributed by atoms with E-state index in [1.165, 1.54) is 4.31 Å². The van der Waals surface area contributed by atoms with E-state index < -0.39 is 10.0 Å². The maximum atomic E-state index is 12.3. The molecule has 20 heavy (non-hydrogen) atoms. The summed E-state index contributed by atoms with van der Waals surface area (Å²) in [4.78, 5) is 11.7. The minimum atomic E-state index is -3.27. The molecule has 0 aromatic carbocycles. The highest BCUT2D eigenvalue weighted by molar-refractivity contribution is 7.89. The molecule has 1 fully saturated rings. The van der Waals surface area contributed by atoms with Gasteiger partial charge in [0.05, 0.1) is 18.3 Å². The van der Waals surface area contributed by atoms with Gasteiger partial charge in [-0.05, 0) is 31.6 Å². The molecule has 0 N–H and O–H groups in total. The van der Waals surface area contributed by atoms with Crippen LogP contribution in [0.5, 0.6) is 0 Å². The molecule has 1 aliphatic rings. The van der Waals surface area contributed by atoms with E-state index in [4.69, 9.17) is 4.74 Å². The third-order valence-electron chi connectivity index (χ3n) is 3.51. The normalized spacial score (nSPS) is 21.7. The van der Waals surface area contributed by atoms with Crippen LogP contribution in [0.2, 0.25) is 0 Å². The second-order valence-electron chi connectivity index (χ2n) is 6.58. The van der Waals surface area contributed by atoms with E-state index in [2.05, 4.69) is 0 Å². The fraction of sp³-hybridized carbons (Fsp3) is 0.929. The van der Waals surface area contributed by atoms with Crippen molar-refractivity contribution in [3.8, 4) is 0 Å². The summed E-state index contributed by atoms with van der Waals surface area (Å²) < 4.78 is 31.1. The second-order valence-corrected chi connectivity index (χ2v) is 8.66. The van der Waals surface area contributed by atoms with Crippen molar-refractivity contribution in [2.24, 2.45) is 11.3 Å². The second kappa shape index (κ2) is 6.89. The van der Waals surface area contributed by atoms with E-state index in [-0.39, 0.29) is 29.6 Å². The standard InChI is InChI=1S/C14H27NO4S/c1-5-19-13(16)12-7-6-9-15(11-12)20(17,18)10-8-14(2,3)4/h12H,5-11H2,1-4H3/t12-/m0/s1. The Morgan fingerprint density at radius 2 is 2.00 bits per heavy atom. The summed E-state index contributed by atoms with van der Waals surface area (Å²) in [5.41, 5.74) is -0.0105. The van der Waals surface area contributed by atoms with Crippen LogP contribution in [-0.4, -0.2) is 44.1 Å². The lowest BCUT2D eigenvalue weighted by Gasteiger charge is -2.31. The molecule has 1 aliphatic heterocycles. The summed E-state index contributed by atoms with van der Waals surface area (Å²) in [7, 11) is -3.27. The van der Waals surface area contributed by atoms with Crippen LogP contribution in [0.15, 0.2) is 0 Å². The Bertz CT molecular complexity index is 425. The number of carbonyl (C=O) groups is 1. The van der Waals surface area contributed by atoms with E-state index in [1.54, 1.807) is 6.92 Å². The zero-order chi connectivity index (χ0) is 15.4. The molecule has 1 rings (SSSR count). The maximum Gasteiger partial charge on any atom is 0.310 e. The molecule has 0 bridgehead atoms. The van der Waals surface area contributed by atoms with Gasteiger partial charge in [-0.25, -0.2) is 12.7 Å². The number of hydrogen-bond acceptors (Lipinski definition) is 4. The van der Waals surface area contributed by atoms with Gasteiger partial charge in [-0.15, -0.1) is 0 Å². The Labute approximate surface area is 122 Å². The smallest absolute Gasteiger partial charge is 0.310 e. The zero-order valence-electron chi connectivity index (χ0n) is 13.0. The first-order valence-corrected chi connectivity index (χ1v) is 8.91. The Morgan fingerprint density at radius 3 is 2.55 bits per heavy atom. The van der Waals surface area contributed by atoms with Crippen LogP contribution in [0.25, 0.3) is 0 Å². The minimum Gasteiger partial charge on any atom is -0.466 e. The van der Waals surface area contributed by atoms with Gasteiger partial charge in [0, 0.05) is 13.1 Å². The summed E-state index contributed by atoms with van der Waals surface area (Å²) in [6.07, 6.45) is 2.05. The Hall–Kier alpha value is -0.620. The number of sulfonamides is 1. The average Bonchev–Trinajstić information content (AvgIpc) is 2.36. The molecule has 0 saturated carbocycles. The van der Waals surface area contributed by atoms with Crippen LogP contribution in [0.4, 0.5) is 0 Å². The van der Waals surface area contributed by atoms with Crippen LogP contribution in [-0.2, 0) is 19.6 Å². The van der Waals surface area contributed by atoms with Crippen molar-refractivity contribution in [1.29, 1.82) is 0 Å². The Balaban J connectivity index is 2.63. The summed E-state index contributed by atoms with van der Waals surface area (Å²) in [5, 5.41) is 0. The number of piperidine rings is 1. The quantitative estimate of drug-likeness (QED) is 0.729. The number of rotatable bonds is 5. The number of hydrogen-bond donors (Lipinski definition) is 0. The molecular formula is C14H27NO4S. The number of nitrogens with zero attached hydrogens (tertiary/aromatic N) is 1. The lowest BCUT2D eigenvalue weighted by Crippen LogP contribution is -2.44. The third kappa shape index (κ3) is 5.40. The molecule has 1 atom stereocenters. The van der Waals surface area contributed by atoms with Crippen molar-refractivity contribution in [3.63, 3.8) is 0 Å². The lowest BCUT2D eigenvalue weighted by atomic mass is 9.94. The zero-order valence-corrected chi connectivity index (χ0v) is 13.8. The number of esters is 1. The number of carbonyl (C=O) groups excluding carboxylic acids is 1. The first-order valence-electron chi connectivity index (χ1n) is 7.30. The Morgan fingerprint density at radius 1 is 1.35 bits per heavy atom. The van der Waals surface area contributed by atoms with Crippen molar-refractivity contribution >= 4 is 16.0 Å². The highest BCUT2D eigenvalue weighted by Gasteiger charge is 2.33. The highest BCUT2D eigenvalue weighted by Crippen LogP contribution is 2.24. The molecule has 0 amide bonds. The SMILES string of the molecule is CCOC(=O)[C@H]1CCCN(S(=O)(=O)CCC(C)(C)C)C1. The Kier molecular flexibility index (Phi) is 6.01. The molecule has 0 aliphatic carbocycles. The van der Waals surface area contributed by atoms with Gasteiger partial charge in [0.25, 0.3) is 0 Å². The minimum absolute atomic E-state index is 0.0105. The van der Waals surface area contributed by atoms with Crippen LogP contribution >= 0.6 is 0 Å². The number of ether oxygens (including phenoxy) is 1. The van der Waals surface area contributed by atoms with Gasteiger partial charge in [-0.3, -0.25) is 4.79 Å². The van der Waals surface area contributed by atoms with E-state index in [0.717, 1.165) is 6.42 Å². The van der Waals surface area contributed by atoms with Gasteiger partial charge in [-0.1, -0.05) is 20.8 Å². The largest absolute Gasteiger partial charge is 0.466 e. The molecule has 1 heterocycles. The van der Waals surface area contributed by atoms with Gasteiger partial charge in [0.1, 0.15) is 0 Å². The molecule has 5 nitrogen and oxygen atoms in total. The van der Waals surface area contributed by atoms with Gasteiger partial charge in [0.2, 0.25) is 10.0 Å². The fourth-order valence-corrected chi connectivity index (χ4v) is 4.15. The maximum absolute atomic E-state index is 12.3. The summed E-state index contributed by atoms with van der Waals surface area (Å²) >= 11 is 0. The van der Waals surface area contributed by atoms with Gasteiger partial charge in [0.15, 0.2) is 0 Å². The lowest BCUT2D eigenvalue weighted by molar-refractivity contribution is -0.149. The van der Waals surface area contributed by atoms with E-state index >= 15 is 0 Å². The van der Waals surface area contributed by atoms with Crippen molar-refractivity contribution in [2.75, 3.05) is 25.4 Å². The first-order chi connectivity index (χ1) is 9.15. The van der Waals surface area contributed by atoms with Crippen LogP contribution < -0.4 is 0 Å². The van der Waals surface area contributed by atoms with Gasteiger partial charge < -0.3 is 4.74 Å². The molecule has 118 valence electrons. The monoisotopic (exact) mass is 305 g/mol. The summed E-state index contributed by atoms with van der Waals surface area (Å²) in [5.74, 6) is -0.442. The van der Waals surface area contributed by atoms with Gasteiger partial charge in [-0.2, -0.15) is 0 Å². The van der Waals surface area contributed by atoms with E-state index in [0.29, 0.717) is 26.0 Å². The highest BCUT2D eigenvalue weighted by atomic mass is 32.2. The molecule has 1 saturated heterocycles. The van der Waals surface area contributed by atoms with Crippen molar-refractivity contribution in [3.05, 3.63) is 0 Å². The molecule has 0 radical (unpaired) electrons. The molecule has 0 unspecified atom stereocenters. The predicted molar refractivity (Wildman–Crippen MR) is 78.8 cm³/mol. The van der Waals surface area contributed by atoms with Crippen molar-refractivity contribution < 1.29 is 17.9 Å².